The molecule has 8 nitrogen and oxygen atoms in total. The molecule has 0 amide bonds. The van der Waals surface area contributed by atoms with Crippen LogP contribution in [-0.4, -0.2) is 65.6 Å². The molecule has 5 rings (SSSR count). The van der Waals surface area contributed by atoms with Gasteiger partial charge in [-0.15, -0.1) is 0 Å². The van der Waals surface area contributed by atoms with Gasteiger partial charge in [-0.1, -0.05) is 27.7 Å². The van der Waals surface area contributed by atoms with Gasteiger partial charge in [0.25, 0.3) is 20.2 Å². The Morgan fingerprint density at radius 2 is 1.08 bits per heavy atom. The van der Waals surface area contributed by atoms with E-state index in [1.54, 1.807) is 0 Å². The number of fused-ring (bicyclic) bond motifs is 4. The Kier molecular flexibility index (Phi) is 16.9. The fraction of sp³-hybridized carbons (Fsp3) is 0.913. The molecule has 5 fully saturated rings. The summed E-state index contributed by atoms with van der Waals surface area (Å²) in [6.07, 6.45) is 3.94. The van der Waals surface area contributed by atoms with Gasteiger partial charge in [-0.2, -0.15) is 40.4 Å². The van der Waals surface area contributed by atoms with Crippen LogP contribution in [-0.2, 0) is 50.2 Å². The molecule has 0 aromatic carbocycles. The predicted molar refractivity (Wildman–Crippen MR) is 142 cm³/mol. The number of ketones is 2. The molecule has 4 atom stereocenters. The van der Waals surface area contributed by atoms with E-state index >= 15 is 0 Å². The van der Waals surface area contributed by atoms with Crippen LogP contribution in [0.2, 0.25) is 0 Å². The summed E-state index contributed by atoms with van der Waals surface area (Å²) in [6.45, 7) is 7.78. The van der Waals surface area contributed by atoms with Crippen molar-refractivity contribution in [1.82, 2.24) is 0 Å². The summed E-state index contributed by atoms with van der Waals surface area (Å²) >= 11 is 4.07. The number of thioether (sulfide) groups is 2. The number of hydrogen-bond acceptors (Lipinski definition) is 8. The van der Waals surface area contributed by atoms with Crippen molar-refractivity contribution in [3.05, 3.63) is 0 Å². The first-order valence-corrected chi connectivity index (χ1v) is 17.5. The topological polar surface area (TPSA) is 143 Å². The average molecular weight is 757 g/mol. The van der Waals surface area contributed by atoms with E-state index in [0.29, 0.717) is 25.7 Å². The Morgan fingerprint density at radius 3 is 1.24 bits per heavy atom. The molecule has 15 heteroatoms. The van der Waals surface area contributed by atoms with Gasteiger partial charge in [-0.25, -0.2) is 0 Å². The van der Waals surface area contributed by atoms with Crippen molar-refractivity contribution in [2.75, 3.05) is 28.1 Å². The van der Waals surface area contributed by atoms with Crippen LogP contribution in [0.3, 0.4) is 0 Å². The largest absolute Gasteiger partial charge is 1.00 e. The number of carbonyl (C=O) groups excluding carboxylic acids is 2. The molecule has 4 unspecified atom stereocenters. The Labute approximate surface area is 338 Å². The number of rotatable bonds is 4. The van der Waals surface area contributed by atoms with Crippen LogP contribution in [0.1, 0.15) is 69.1 Å². The van der Waals surface area contributed by atoms with Gasteiger partial charge in [-0.3, -0.25) is 18.7 Å². The van der Waals surface area contributed by atoms with E-state index in [2.05, 4.69) is 0 Å². The zero-order valence-electron chi connectivity index (χ0n) is 25.2. The second-order valence-electron chi connectivity index (χ2n) is 11.7. The van der Waals surface area contributed by atoms with Gasteiger partial charge in [0.1, 0.15) is 11.6 Å². The fourth-order valence-electron chi connectivity index (χ4n) is 7.13. The summed E-state index contributed by atoms with van der Waals surface area (Å²) in [5.41, 5.74) is -2.24. The van der Waals surface area contributed by atoms with Crippen LogP contribution < -0.4 is 103 Å². The molecule has 0 aromatic rings. The second kappa shape index (κ2) is 15.4. The SMILES string of the molecule is C1CSCS1.CC1(C)C2CCC1(CS(=O)(=O)O)C(=O)C2.CC1(C)C2CCC1(CS(=O)(=O)O)C(=O)C2.[H-].[H-].[K+].[K+].[Pd]. The van der Waals surface area contributed by atoms with Crippen LogP contribution in [0.25, 0.3) is 0 Å². The van der Waals surface area contributed by atoms with Crippen LogP contribution in [0.15, 0.2) is 0 Å². The molecule has 2 N–H and O–H groups in total. The van der Waals surface area contributed by atoms with E-state index in [0.717, 1.165) is 12.8 Å². The van der Waals surface area contributed by atoms with Gasteiger partial charge in [0.2, 0.25) is 0 Å². The van der Waals surface area contributed by atoms with E-state index in [-0.39, 0.29) is 160 Å². The fourth-order valence-corrected chi connectivity index (χ4v) is 12.1. The zero-order chi connectivity index (χ0) is 26.5. The van der Waals surface area contributed by atoms with Gasteiger partial charge in [0.15, 0.2) is 0 Å². The first kappa shape index (κ1) is 41.8. The number of hydrogen-bond donors (Lipinski definition) is 2. The predicted octanol–water partition coefficient (Wildman–Crippen LogP) is -1.81. The maximum absolute atomic E-state index is 11.9. The molecule has 1 saturated heterocycles. The molecule has 0 spiro atoms. The standard InChI is InChI=1S/2C10H16O4S.C3H6S2.2K.Pd.2H/c2*1-9(2)7-3-4-10(9,8(11)5-7)6-15(12,13)14;1-2-5-3-4-1;;;;;/h2*7H,3-6H2,1-2H3,(H,12,13,14);1-3H2;;;;;/q;;;2*+1;;2*-1. The van der Waals surface area contributed by atoms with E-state index in [1.165, 1.54) is 16.6 Å². The van der Waals surface area contributed by atoms with Gasteiger partial charge < -0.3 is 2.85 Å². The van der Waals surface area contributed by atoms with Crippen LogP contribution in [0, 0.1) is 33.5 Å². The van der Waals surface area contributed by atoms with Gasteiger partial charge in [-0.05, 0) is 48.3 Å². The van der Waals surface area contributed by atoms with Crippen LogP contribution in [0.4, 0.5) is 0 Å². The molecule has 5 aliphatic rings. The Hall–Kier alpha value is 3.80. The second-order valence-corrected chi connectivity index (χ2v) is 17.2. The third-order valence-electron chi connectivity index (χ3n) is 9.67. The van der Waals surface area contributed by atoms with Gasteiger partial charge >= 0.3 is 103 Å². The zero-order valence-corrected chi connectivity index (χ0v) is 34.3. The first-order chi connectivity index (χ1) is 15.9. The van der Waals surface area contributed by atoms with Crippen molar-refractivity contribution >= 4 is 55.3 Å². The van der Waals surface area contributed by atoms with E-state index in [4.69, 9.17) is 9.11 Å². The summed E-state index contributed by atoms with van der Waals surface area (Å²) in [7, 11) is -8.15. The summed E-state index contributed by atoms with van der Waals surface area (Å²) in [6, 6.07) is 0. The van der Waals surface area contributed by atoms with E-state index in [9.17, 15) is 26.4 Å². The molecule has 216 valence electrons. The molecule has 0 aromatic heterocycles. The minimum atomic E-state index is -4.08. The van der Waals surface area contributed by atoms with Crippen molar-refractivity contribution in [3.8, 4) is 0 Å². The number of Topliss-reactive ketones (excluding diaryl/α,β-unsaturated/α-hetero) is 2. The average Bonchev–Trinajstić information content (AvgIpc) is 3.45. The molecule has 4 aliphatic carbocycles. The van der Waals surface area contributed by atoms with E-state index in [1.807, 2.05) is 51.2 Å². The van der Waals surface area contributed by atoms with Crippen molar-refractivity contribution in [1.29, 1.82) is 0 Å². The van der Waals surface area contributed by atoms with E-state index < -0.39 is 42.6 Å². The Bertz CT molecular complexity index is 1000. The monoisotopic (exact) mass is 756 g/mol. The molecular formula is C23H40K2O8PdS4. The van der Waals surface area contributed by atoms with Crippen molar-refractivity contribution in [3.63, 3.8) is 0 Å². The Balaban J connectivity index is -0.000000526. The minimum absolute atomic E-state index is 0. The molecule has 4 saturated carbocycles. The summed E-state index contributed by atoms with van der Waals surface area (Å²) < 4.78 is 62.0. The normalized spacial score (nSPS) is 33.6. The van der Waals surface area contributed by atoms with Crippen molar-refractivity contribution < 1.29 is 162 Å². The maximum atomic E-state index is 11.9. The molecule has 1 heterocycles. The molecule has 38 heavy (non-hydrogen) atoms. The number of carbonyl (C=O) groups is 2. The summed E-state index contributed by atoms with van der Waals surface area (Å²) in [5, 5.41) is 1.33. The third-order valence-corrected chi connectivity index (χ3v) is 14.0. The minimum Gasteiger partial charge on any atom is -1.00 e. The van der Waals surface area contributed by atoms with Crippen LogP contribution in [0.5, 0.6) is 0 Å². The smallest absolute Gasteiger partial charge is 1.00 e. The maximum Gasteiger partial charge on any atom is 1.00 e. The van der Waals surface area contributed by atoms with Gasteiger partial charge in [0.05, 0.1) is 22.3 Å². The molecule has 4 bridgehead atoms. The third kappa shape index (κ3) is 8.74. The van der Waals surface area contributed by atoms with Crippen molar-refractivity contribution in [2.24, 2.45) is 33.5 Å². The summed E-state index contributed by atoms with van der Waals surface area (Å²) in [4.78, 5) is 23.8. The quantitative estimate of drug-likeness (QED) is 0.249. The molecule has 1 aliphatic heterocycles. The Morgan fingerprint density at radius 1 is 0.763 bits per heavy atom. The molecular weight excluding hydrogens is 717 g/mol. The van der Waals surface area contributed by atoms with Crippen molar-refractivity contribution in [2.45, 2.75) is 66.2 Å². The molecule has 0 radical (unpaired) electrons. The first-order valence-electron chi connectivity index (χ1n) is 12.0. The summed E-state index contributed by atoms with van der Waals surface area (Å²) in [5.74, 6) is 2.56. The van der Waals surface area contributed by atoms with Crippen LogP contribution >= 0.6 is 23.5 Å². The van der Waals surface area contributed by atoms with Gasteiger partial charge in [0, 0.05) is 49.9 Å².